The van der Waals surface area contributed by atoms with Gasteiger partial charge in [-0.05, 0) is 23.6 Å². The molecule has 3 rings (SSSR count). The molecule has 1 aromatic carbocycles. The second-order valence-electron chi connectivity index (χ2n) is 5.24. The second kappa shape index (κ2) is 6.64. The van der Waals surface area contributed by atoms with E-state index in [2.05, 4.69) is 40.6 Å². The molecule has 2 atom stereocenters. The van der Waals surface area contributed by atoms with E-state index in [1.54, 1.807) is 6.20 Å². The molecule has 1 aliphatic heterocycles. The Hall–Kier alpha value is -1.71. The third-order valence-electron chi connectivity index (χ3n) is 3.80. The molecule has 0 amide bonds. The van der Waals surface area contributed by atoms with Gasteiger partial charge in [0.15, 0.2) is 0 Å². The number of rotatable bonds is 5. The first-order valence-electron chi connectivity index (χ1n) is 7.19. The summed E-state index contributed by atoms with van der Waals surface area (Å²) in [7, 11) is 0. The molecule has 0 aliphatic carbocycles. The Morgan fingerprint density at radius 2 is 2.05 bits per heavy atom. The van der Waals surface area contributed by atoms with Crippen LogP contribution in [0.25, 0.3) is 0 Å². The number of ether oxygens (including phenoxy) is 1. The Morgan fingerprint density at radius 3 is 2.85 bits per heavy atom. The van der Waals surface area contributed by atoms with Crippen molar-refractivity contribution in [3.63, 3.8) is 0 Å². The fraction of sp³-hybridized carbons (Fsp3) is 0.353. The van der Waals surface area contributed by atoms with Gasteiger partial charge >= 0.3 is 0 Å². The van der Waals surface area contributed by atoms with Gasteiger partial charge in [0.2, 0.25) is 0 Å². The number of hydrogen-bond donors (Lipinski definition) is 1. The lowest BCUT2D eigenvalue weighted by atomic mass is 9.95. The minimum atomic E-state index is 0.234. The van der Waals surface area contributed by atoms with Gasteiger partial charge in [0, 0.05) is 38.0 Å². The molecule has 3 nitrogen and oxygen atoms in total. The molecule has 0 bridgehead atoms. The molecular formula is C17H20N2O. The number of aromatic nitrogens is 1. The average molecular weight is 268 g/mol. The standard InChI is InChI=1S/C17H20N2O/c1-2-6-15(7-3-1)17-16(8-10-20-17)13-19-12-14-5-4-9-18-11-14/h1-7,9,11,16-17,19H,8,10,12-13H2/t16-,17-/m1/s1. The lowest BCUT2D eigenvalue weighted by Gasteiger charge is -2.19. The summed E-state index contributed by atoms with van der Waals surface area (Å²) >= 11 is 0. The first kappa shape index (κ1) is 13.3. The van der Waals surface area contributed by atoms with E-state index in [9.17, 15) is 0 Å². The zero-order valence-corrected chi connectivity index (χ0v) is 11.5. The van der Waals surface area contributed by atoms with Crippen molar-refractivity contribution in [2.75, 3.05) is 13.2 Å². The molecule has 1 saturated heterocycles. The summed E-state index contributed by atoms with van der Waals surface area (Å²) in [6.07, 6.45) is 5.07. The van der Waals surface area contributed by atoms with Crippen molar-refractivity contribution in [2.45, 2.75) is 19.1 Å². The molecule has 2 aromatic rings. The van der Waals surface area contributed by atoms with Gasteiger partial charge in [-0.3, -0.25) is 4.98 Å². The van der Waals surface area contributed by atoms with Crippen molar-refractivity contribution in [3.05, 3.63) is 66.0 Å². The lowest BCUT2D eigenvalue weighted by Crippen LogP contribution is -2.24. The molecule has 104 valence electrons. The summed E-state index contributed by atoms with van der Waals surface area (Å²) < 4.78 is 5.90. The van der Waals surface area contributed by atoms with Crippen LogP contribution >= 0.6 is 0 Å². The Labute approximate surface area is 120 Å². The maximum Gasteiger partial charge on any atom is 0.0866 e. The highest BCUT2D eigenvalue weighted by atomic mass is 16.5. The fourth-order valence-electron chi connectivity index (χ4n) is 2.76. The number of hydrogen-bond acceptors (Lipinski definition) is 3. The Kier molecular flexibility index (Phi) is 4.41. The second-order valence-corrected chi connectivity index (χ2v) is 5.24. The molecule has 0 spiro atoms. The monoisotopic (exact) mass is 268 g/mol. The van der Waals surface area contributed by atoms with Gasteiger partial charge in [0.25, 0.3) is 0 Å². The molecule has 20 heavy (non-hydrogen) atoms. The van der Waals surface area contributed by atoms with E-state index in [4.69, 9.17) is 4.74 Å². The van der Waals surface area contributed by atoms with E-state index >= 15 is 0 Å². The number of pyridine rings is 1. The van der Waals surface area contributed by atoms with Crippen LogP contribution in [0.5, 0.6) is 0 Å². The zero-order chi connectivity index (χ0) is 13.6. The predicted molar refractivity (Wildman–Crippen MR) is 79.2 cm³/mol. The van der Waals surface area contributed by atoms with Crippen LogP contribution < -0.4 is 5.32 Å². The first-order chi connectivity index (χ1) is 9.93. The largest absolute Gasteiger partial charge is 0.373 e. The number of benzene rings is 1. The minimum absolute atomic E-state index is 0.234. The van der Waals surface area contributed by atoms with Gasteiger partial charge in [0.05, 0.1) is 6.10 Å². The van der Waals surface area contributed by atoms with E-state index in [1.165, 1.54) is 11.1 Å². The van der Waals surface area contributed by atoms with E-state index in [0.29, 0.717) is 5.92 Å². The van der Waals surface area contributed by atoms with Gasteiger partial charge in [-0.15, -0.1) is 0 Å². The third-order valence-corrected chi connectivity index (χ3v) is 3.80. The average Bonchev–Trinajstić information content (AvgIpc) is 2.98. The Bertz CT molecular complexity index is 515. The number of nitrogens with zero attached hydrogens (tertiary/aromatic N) is 1. The summed E-state index contributed by atoms with van der Waals surface area (Å²) in [5, 5.41) is 3.52. The highest BCUT2D eigenvalue weighted by Crippen LogP contribution is 2.33. The number of nitrogens with one attached hydrogen (secondary N) is 1. The van der Waals surface area contributed by atoms with E-state index < -0.39 is 0 Å². The Balaban J connectivity index is 1.54. The maximum absolute atomic E-state index is 5.90. The van der Waals surface area contributed by atoms with Crippen molar-refractivity contribution < 1.29 is 4.74 Å². The highest BCUT2D eigenvalue weighted by molar-refractivity contribution is 5.19. The molecule has 3 heteroatoms. The first-order valence-corrected chi connectivity index (χ1v) is 7.19. The molecule has 1 N–H and O–H groups in total. The van der Waals surface area contributed by atoms with Crippen molar-refractivity contribution in [3.8, 4) is 0 Å². The molecule has 1 aromatic heterocycles. The van der Waals surface area contributed by atoms with Crippen LogP contribution in [0.1, 0.15) is 23.7 Å². The third kappa shape index (κ3) is 3.24. The van der Waals surface area contributed by atoms with Gasteiger partial charge in [-0.1, -0.05) is 36.4 Å². The smallest absolute Gasteiger partial charge is 0.0866 e. The van der Waals surface area contributed by atoms with Crippen LogP contribution in [0, 0.1) is 5.92 Å². The summed E-state index contributed by atoms with van der Waals surface area (Å²) in [6.45, 7) is 2.71. The van der Waals surface area contributed by atoms with Crippen LogP contribution in [0.4, 0.5) is 0 Å². The summed E-state index contributed by atoms with van der Waals surface area (Å²) in [5.74, 6) is 0.550. The van der Waals surface area contributed by atoms with Crippen LogP contribution in [0.2, 0.25) is 0 Å². The van der Waals surface area contributed by atoms with Crippen molar-refractivity contribution in [2.24, 2.45) is 5.92 Å². The van der Waals surface area contributed by atoms with Crippen molar-refractivity contribution in [1.82, 2.24) is 10.3 Å². The maximum atomic E-state index is 5.90. The van der Waals surface area contributed by atoms with Crippen molar-refractivity contribution in [1.29, 1.82) is 0 Å². The van der Waals surface area contributed by atoms with E-state index in [1.807, 2.05) is 18.3 Å². The molecule has 0 saturated carbocycles. The fourth-order valence-corrected chi connectivity index (χ4v) is 2.76. The molecule has 0 radical (unpaired) electrons. The van der Waals surface area contributed by atoms with Crippen molar-refractivity contribution >= 4 is 0 Å². The molecule has 2 heterocycles. The zero-order valence-electron chi connectivity index (χ0n) is 11.5. The van der Waals surface area contributed by atoms with Crippen LogP contribution in [0.15, 0.2) is 54.9 Å². The van der Waals surface area contributed by atoms with Crippen LogP contribution in [-0.4, -0.2) is 18.1 Å². The van der Waals surface area contributed by atoms with Gasteiger partial charge in [-0.25, -0.2) is 0 Å². The molecule has 1 fully saturated rings. The topological polar surface area (TPSA) is 34.1 Å². The Morgan fingerprint density at radius 1 is 1.15 bits per heavy atom. The molecular weight excluding hydrogens is 248 g/mol. The lowest BCUT2D eigenvalue weighted by molar-refractivity contribution is 0.0904. The van der Waals surface area contributed by atoms with Gasteiger partial charge in [-0.2, -0.15) is 0 Å². The quantitative estimate of drug-likeness (QED) is 0.905. The van der Waals surface area contributed by atoms with E-state index in [0.717, 1.165) is 26.1 Å². The van der Waals surface area contributed by atoms with Crippen LogP contribution in [-0.2, 0) is 11.3 Å². The summed E-state index contributed by atoms with van der Waals surface area (Å²) in [4.78, 5) is 4.13. The van der Waals surface area contributed by atoms with Crippen LogP contribution in [0.3, 0.4) is 0 Å². The molecule has 1 aliphatic rings. The highest BCUT2D eigenvalue weighted by Gasteiger charge is 2.28. The summed E-state index contributed by atoms with van der Waals surface area (Å²) in [6, 6.07) is 14.6. The normalized spacial score (nSPS) is 22.0. The van der Waals surface area contributed by atoms with Gasteiger partial charge in [0.1, 0.15) is 0 Å². The van der Waals surface area contributed by atoms with E-state index in [-0.39, 0.29) is 6.10 Å². The SMILES string of the molecule is c1ccc([C@H]2OCC[C@@H]2CNCc2cccnc2)cc1. The summed E-state index contributed by atoms with van der Waals surface area (Å²) in [5.41, 5.74) is 2.51. The predicted octanol–water partition coefficient (Wildman–Crippen LogP) is 2.95. The van der Waals surface area contributed by atoms with Gasteiger partial charge < -0.3 is 10.1 Å². The minimum Gasteiger partial charge on any atom is -0.373 e. The molecule has 0 unspecified atom stereocenters.